The Morgan fingerprint density at radius 2 is 1.18 bits per heavy atom. The molecule has 0 saturated heterocycles. The normalized spacial score (nSPS) is 13.0. The van der Waals surface area contributed by atoms with Crippen LogP contribution in [0.25, 0.3) is 0 Å². The second kappa shape index (κ2) is 6.47. The Morgan fingerprint density at radius 3 is 1.55 bits per heavy atom. The molecule has 2 aromatic carbocycles. The van der Waals surface area contributed by atoms with Crippen LogP contribution in [-0.4, -0.2) is 24.7 Å². The molecule has 116 valence electrons. The molecule has 0 aliphatic heterocycles. The molecule has 0 unspecified atom stereocenters. The van der Waals surface area contributed by atoms with Crippen molar-refractivity contribution in [2.24, 2.45) is 0 Å². The van der Waals surface area contributed by atoms with Gasteiger partial charge in [-0.25, -0.2) is 0 Å². The van der Waals surface area contributed by atoms with Crippen molar-refractivity contribution in [2.75, 3.05) is 14.1 Å². The first kappa shape index (κ1) is 16.5. The van der Waals surface area contributed by atoms with E-state index in [1.807, 2.05) is 66.7 Å². The minimum atomic E-state index is -1.12. The highest BCUT2D eigenvalue weighted by molar-refractivity contribution is 5.41. The molecule has 0 aliphatic rings. The minimum absolute atomic E-state index is 0.0580. The van der Waals surface area contributed by atoms with Gasteiger partial charge in [0.2, 0.25) is 0 Å². The van der Waals surface area contributed by atoms with Gasteiger partial charge in [-0.2, -0.15) is 0 Å². The first-order valence-corrected chi connectivity index (χ1v) is 7.71. The largest absolute Gasteiger partial charge is 0.377 e. The average molecular weight is 296 g/mol. The van der Waals surface area contributed by atoms with Crippen molar-refractivity contribution in [3.63, 3.8) is 0 Å². The predicted octanol–water partition coefficient (Wildman–Crippen LogP) is 2.40. The topological polar surface area (TPSA) is 24.7 Å². The van der Waals surface area contributed by atoms with Crippen LogP contribution in [0, 0.1) is 0 Å². The van der Waals surface area contributed by atoms with E-state index in [1.54, 1.807) is 0 Å². The number of benzene rings is 2. The highest BCUT2D eigenvalue weighted by Crippen LogP contribution is 2.31. The number of hydrogen-bond acceptors (Lipinski definition) is 1. The summed E-state index contributed by atoms with van der Waals surface area (Å²) in [6.45, 7) is 4.32. The third-order valence-corrected chi connectivity index (χ3v) is 4.46. The van der Waals surface area contributed by atoms with E-state index in [0.29, 0.717) is 0 Å². The Balaban J connectivity index is 2.51. The van der Waals surface area contributed by atoms with Gasteiger partial charge in [0.1, 0.15) is 11.1 Å². The third kappa shape index (κ3) is 3.46. The van der Waals surface area contributed by atoms with Crippen molar-refractivity contribution < 1.29 is 10.0 Å². The van der Waals surface area contributed by atoms with Gasteiger partial charge < -0.3 is 10.0 Å². The summed E-state index contributed by atoms with van der Waals surface area (Å²) in [7, 11) is 4.24. The summed E-state index contributed by atoms with van der Waals surface area (Å²) in [4.78, 5) is 1.31. The van der Waals surface area contributed by atoms with Crippen LogP contribution in [0.5, 0.6) is 0 Å². The summed E-state index contributed by atoms with van der Waals surface area (Å²) < 4.78 is 0. The number of rotatable bonds is 5. The van der Waals surface area contributed by atoms with Crippen LogP contribution in [0.1, 0.15) is 25.0 Å². The molecule has 0 heterocycles. The molecule has 0 atom stereocenters. The molecule has 0 radical (unpaired) electrons. The molecule has 0 spiro atoms. The van der Waals surface area contributed by atoms with Crippen LogP contribution in [0.15, 0.2) is 72.8 Å². The quantitative estimate of drug-likeness (QED) is 0.814. The van der Waals surface area contributed by atoms with Gasteiger partial charge >= 0.3 is 0 Å². The summed E-state index contributed by atoms with van der Waals surface area (Å²) in [6, 6.07) is 19.6. The van der Waals surface area contributed by atoms with Gasteiger partial charge in [-0.05, 0) is 37.1 Å². The molecule has 2 N–H and O–H groups in total. The predicted molar refractivity (Wildman–Crippen MR) is 91.9 cm³/mol. The Labute approximate surface area is 133 Å². The number of quaternary nitrogens is 1. The minimum Gasteiger partial charge on any atom is -0.377 e. The number of nitrogens with one attached hydrogen (secondary N) is 1. The van der Waals surface area contributed by atoms with Gasteiger partial charge in [0.25, 0.3) is 0 Å². The standard InChI is InChI=1S/C20H25NO/c1-19(2,21(3)4)15-16-20(22,17-11-7-5-8-12-17)18-13-9-6-10-14-18/h5-16,22H,1-4H3/p+1/b16-15+. The molecular formula is C20H26NO+. The summed E-state index contributed by atoms with van der Waals surface area (Å²) in [6.07, 6.45) is 4.02. The monoisotopic (exact) mass is 296 g/mol. The van der Waals surface area contributed by atoms with E-state index in [4.69, 9.17) is 0 Å². The van der Waals surface area contributed by atoms with Crippen LogP contribution in [0.4, 0.5) is 0 Å². The van der Waals surface area contributed by atoms with Crippen LogP contribution < -0.4 is 4.90 Å². The van der Waals surface area contributed by atoms with Crippen LogP contribution in [-0.2, 0) is 5.60 Å². The van der Waals surface area contributed by atoms with E-state index in [1.165, 1.54) is 4.90 Å². The van der Waals surface area contributed by atoms with Crippen molar-refractivity contribution in [1.29, 1.82) is 0 Å². The lowest BCUT2D eigenvalue weighted by Crippen LogP contribution is -3.13. The summed E-state index contributed by atoms with van der Waals surface area (Å²) in [5.41, 5.74) is 0.580. The number of aliphatic hydroxyl groups is 1. The van der Waals surface area contributed by atoms with Gasteiger partial charge in [0, 0.05) is 0 Å². The van der Waals surface area contributed by atoms with Crippen LogP contribution in [0.3, 0.4) is 0 Å². The molecule has 0 bridgehead atoms. The zero-order valence-corrected chi connectivity index (χ0v) is 13.9. The van der Waals surface area contributed by atoms with Gasteiger partial charge in [0.05, 0.1) is 14.1 Å². The molecular weight excluding hydrogens is 270 g/mol. The smallest absolute Gasteiger partial charge is 0.133 e. The molecule has 0 saturated carbocycles. The third-order valence-electron chi connectivity index (χ3n) is 4.46. The maximum atomic E-state index is 11.4. The maximum absolute atomic E-state index is 11.4. The number of likely N-dealkylation sites (N-methyl/N-ethyl adjacent to an activating group) is 1. The lowest BCUT2D eigenvalue weighted by molar-refractivity contribution is -0.902. The molecule has 2 aromatic rings. The van der Waals surface area contributed by atoms with Crippen molar-refractivity contribution >= 4 is 0 Å². The van der Waals surface area contributed by atoms with Crippen LogP contribution in [0.2, 0.25) is 0 Å². The fraction of sp³-hybridized carbons (Fsp3) is 0.300. The first-order chi connectivity index (χ1) is 10.4. The fourth-order valence-electron chi connectivity index (χ4n) is 2.24. The average Bonchev–Trinajstić information content (AvgIpc) is 2.54. The molecule has 2 heteroatoms. The highest BCUT2D eigenvalue weighted by Gasteiger charge is 2.30. The molecule has 22 heavy (non-hydrogen) atoms. The van der Waals surface area contributed by atoms with Crippen molar-refractivity contribution in [3.05, 3.63) is 83.9 Å². The second-order valence-corrected chi connectivity index (χ2v) is 6.55. The molecule has 0 aliphatic carbocycles. The van der Waals surface area contributed by atoms with Crippen molar-refractivity contribution in [2.45, 2.75) is 25.0 Å². The molecule has 2 nitrogen and oxygen atoms in total. The van der Waals surface area contributed by atoms with Gasteiger partial charge in [-0.1, -0.05) is 60.7 Å². The van der Waals surface area contributed by atoms with E-state index in [2.05, 4.69) is 34.0 Å². The van der Waals surface area contributed by atoms with Gasteiger partial charge in [0.15, 0.2) is 0 Å². The lowest BCUT2D eigenvalue weighted by Gasteiger charge is -2.30. The second-order valence-electron chi connectivity index (χ2n) is 6.55. The van der Waals surface area contributed by atoms with E-state index in [0.717, 1.165) is 11.1 Å². The van der Waals surface area contributed by atoms with Crippen molar-refractivity contribution in [3.8, 4) is 0 Å². The van der Waals surface area contributed by atoms with Crippen molar-refractivity contribution in [1.82, 2.24) is 0 Å². The fourth-order valence-corrected chi connectivity index (χ4v) is 2.24. The lowest BCUT2D eigenvalue weighted by atomic mass is 9.84. The molecule has 2 rings (SSSR count). The van der Waals surface area contributed by atoms with E-state index in [9.17, 15) is 5.11 Å². The SMILES string of the molecule is C[NH+](C)C(C)(C)/C=C/C(O)(c1ccccc1)c1ccccc1. The molecule has 0 aromatic heterocycles. The van der Waals surface area contributed by atoms with Gasteiger partial charge in [-0.3, -0.25) is 0 Å². The van der Waals surface area contributed by atoms with E-state index in [-0.39, 0.29) is 5.54 Å². The Hall–Kier alpha value is -1.90. The molecule has 0 amide bonds. The Morgan fingerprint density at radius 1 is 0.773 bits per heavy atom. The Bertz CT molecular complexity index is 575. The van der Waals surface area contributed by atoms with Crippen LogP contribution >= 0.6 is 0 Å². The summed E-state index contributed by atoms with van der Waals surface area (Å²) >= 11 is 0. The first-order valence-electron chi connectivity index (χ1n) is 7.71. The zero-order chi connectivity index (χ0) is 16.2. The maximum Gasteiger partial charge on any atom is 0.133 e. The zero-order valence-electron chi connectivity index (χ0n) is 13.9. The molecule has 0 fully saturated rings. The van der Waals surface area contributed by atoms with Gasteiger partial charge in [-0.15, -0.1) is 0 Å². The number of hydrogen-bond donors (Lipinski definition) is 2. The highest BCUT2D eigenvalue weighted by atomic mass is 16.3. The summed E-state index contributed by atoms with van der Waals surface area (Å²) in [5, 5.41) is 11.4. The van der Waals surface area contributed by atoms with E-state index >= 15 is 0 Å². The van der Waals surface area contributed by atoms with E-state index < -0.39 is 5.60 Å². The Kier molecular flexibility index (Phi) is 4.84. The summed E-state index contributed by atoms with van der Waals surface area (Å²) in [5.74, 6) is 0.